The fourth-order valence-corrected chi connectivity index (χ4v) is 3.46. The molecule has 0 radical (unpaired) electrons. The molecule has 1 saturated heterocycles. The fourth-order valence-electron chi connectivity index (χ4n) is 3.46. The number of aliphatic hydroxyl groups is 3. The molecule has 3 heterocycles. The van der Waals surface area contributed by atoms with Gasteiger partial charge in [-0.3, -0.25) is 4.57 Å². The predicted molar refractivity (Wildman–Crippen MR) is 106 cm³/mol. The predicted octanol–water partition coefficient (Wildman–Crippen LogP) is 0.0647. The molecule has 4 atom stereocenters. The van der Waals surface area contributed by atoms with E-state index in [2.05, 4.69) is 20.3 Å². The van der Waals surface area contributed by atoms with Crippen LogP contribution in [0.25, 0.3) is 11.2 Å². The summed E-state index contributed by atoms with van der Waals surface area (Å²) in [5.74, 6) is 0.581. The monoisotopic (exact) mass is 400 g/mol. The molecule has 1 aromatic carbocycles. The maximum absolute atomic E-state index is 10.3. The average Bonchev–Trinajstić information content (AvgIpc) is 3.28. The summed E-state index contributed by atoms with van der Waals surface area (Å²) >= 11 is 0. The van der Waals surface area contributed by atoms with E-state index in [1.807, 2.05) is 24.3 Å². The van der Waals surface area contributed by atoms with Gasteiger partial charge in [0, 0.05) is 12.2 Å². The smallest absolute Gasteiger partial charge is 0.167 e. The summed E-state index contributed by atoms with van der Waals surface area (Å²) < 4.78 is 7.11. The number of imidazole rings is 1. The van der Waals surface area contributed by atoms with Crippen molar-refractivity contribution in [1.29, 1.82) is 0 Å². The van der Waals surface area contributed by atoms with Crippen molar-refractivity contribution in [2.75, 3.05) is 24.2 Å². The first-order valence-electron chi connectivity index (χ1n) is 9.46. The van der Waals surface area contributed by atoms with E-state index in [1.54, 1.807) is 4.57 Å². The SMILES string of the molecule is Nc1ccc(CCCNc2ncnc3c2ncn3[C@@H]2O[C@H](CO)[C@@H](O)[C@H]2O)cc1. The van der Waals surface area contributed by atoms with Gasteiger partial charge in [0.15, 0.2) is 23.2 Å². The first-order chi connectivity index (χ1) is 14.1. The third-order valence-corrected chi connectivity index (χ3v) is 5.06. The lowest BCUT2D eigenvalue weighted by Crippen LogP contribution is -2.33. The minimum absolute atomic E-state index is 0.392. The Labute approximate surface area is 167 Å². The van der Waals surface area contributed by atoms with Crippen molar-refractivity contribution in [1.82, 2.24) is 19.5 Å². The number of aromatic nitrogens is 4. The van der Waals surface area contributed by atoms with Crippen molar-refractivity contribution in [2.45, 2.75) is 37.4 Å². The van der Waals surface area contributed by atoms with Gasteiger partial charge in [0.2, 0.25) is 0 Å². The van der Waals surface area contributed by atoms with E-state index >= 15 is 0 Å². The van der Waals surface area contributed by atoms with Crippen LogP contribution in [0.15, 0.2) is 36.9 Å². The Morgan fingerprint density at radius 1 is 1.10 bits per heavy atom. The highest BCUT2D eigenvalue weighted by Crippen LogP contribution is 2.32. The summed E-state index contributed by atoms with van der Waals surface area (Å²) in [6.07, 6.45) is 0.555. The third-order valence-electron chi connectivity index (χ3n) is 5.06. The maximum Gasteiger partial charge on any atom is 0.167 e. The van der Waals surface area contributed by atoms with Crippen molar-refractivity contribution in [3.8, 4) is 0 Å². The van der Waals surface area contributed by atoms with E-state index in [9.17, 15) is 15.3 Å². The molecule has 10 heteroatoms. The Hall–Kier alpha value is -2.79. The van der Waals surface area contributed by atoms with Crippen molar-refractivity contribution >= 4 is 22.7 Å². The molecule has 0 aliphatic carbocycles. The third kappa shape index (κ3) is 3.87. The zero-order chi connectivity index (χ0) is 20.4. The van der Waals surface area contributed by atoms with E-state index in [0.717, 1.165) is 18.5 Å². The molecule has 0 bridgehead atoms. The van der Waals surface area contributed by atoms with Crippen LogP contribution in [-0.2, 0) is 11.2 Å². The van der Waals surface area contributed by atoms with Gasteiger partial charge in [0.1, 0.15) is 24.6 Å². The van der Waals surface area contributed by atoms with Crippen LogP contribution in [-0.4, -0.2) is 66.3 Å². The van der Waals surface area contributed by atoms with Gasteiger partial charge in [-0.1, -0.05) is 12.1 Å². The lowest BCUT2D eigenvalue weighted by Gasteiger charge is -2.16. The molecule has 1 aliphatic heterocycles. The Balaban J connectivity index is 1.44. The standard InChI is InChI=1S/C19H24N6O4/c20-12-5-3-11(4-6-12)2-1-7-21-17-14-18(23-9-22-17)25(10-24-14)19-16(28)15(27)13(8-26)29-19/h3-6,9-10,13,15-16,19,26-28H,1-2,7-8,20H2,(H,21,22,23)/t13-,15-,16-,19-/m1/s1. The van der Waals surface area contributed by atoms with Crippen LogP contribution in [0, 0.1) is 0 Å². The molecule has 0 unspecified atom stereocenters. The van der Waals surface area contributed by atoms with E-state index in [4.69, 9.17) is 10.5 Å². The van der Waals surface area contributed by atoms with E-state index in [1.165, 1.54) is 18.2 Å². The minimum Gasteiger partial charge on any atom is -0.399 e. The Kier molecular flexibility index (Phi) is 5.58. The van der Waals surface area contributed by atoms with Gasteiger partial charge in [-0.2, -0.15) is 0 Å². The number of aryl methyl sites for hydroxylation is 1. The van der Waals surface area contributed by atoms with Gasteiger partial charge in [-0.15, -0.1) is 0 Å². The topological polar surface area (TPSA) is 152 Å². The number of aliphatic hydroxyl groups excluding tert-OH is 3. The van der Waals surface area contributed by atoms with Gasteiger partial charge < -0.3 is 31.1 Å². The molecule has 0 saturated carbocycles. The number of nitrogens with one attached hydrogen (secondary N) is 1. The second-order valence-corrected chi connectivity index (χ2v) is 7.05. The largest absolute Gasteiger partial charge is 0.399 e. The van der Waals surface area contributed by atoms with Crippen molar-refractivity contribution in [3.63, 3.8) is 0 Å². The number of fused-ring (bicyclic) bond motifs is 1. The number of anilines is 2. The Morgan fingerprint density at radius 3 is 2.62 bits per heavy atom. The quantitative estimate of drug-likeness (QED) is 0.274. The van der Waals surface area contributed by atoms with Crippen LogP contribution in [0.3, 0.4) is 0 Å². The maximum atomic E-state index is 10.3. The van der Waals surface area contributed by atoms with Crippen LogP contribution < -0.4 is 11.1 Å². The summed E-state index contributed by atoms with van der Waals surface area (Å²) in [5, 5.41) is 32.8. The van der Waals surface area contributed by atoms with Crippen LogP contribution in [0.1, 0.15) is 18.2 Å². The normalized spacial score (nSPS) is 24.2. The number of benzene rings is 1. The first-order valence-corrected chi connectivity index (χ1v) is 9.46. The zero-order valence-electron chi connectivity index (χ0n) is 15.7. The number of hydrogen-bond donors (Lipinski definition) is 5. The van der Waals surface area contributed by atoms with Gasteiger partial charge in [-0.25, -0.2) is 15.0 Å². The van der Waals surface area contributed by atoms with Crippen molar-refractivity contribution in [3.05, 3.63) is 42.5 Å². The first kappa shape index (κ1) is 19.5. The van der Waals surface area contributed by atoms with Crippen molar-refractivity contribution in [2.24, 2.45) is 0 Å². The van der Waals surface area contributed by atoms with E-state index < -0.39 is 31.1 Å². The van der Waals surface area contributed by atoms with Gasteiger partial charge >= 0.3 is 0 Å². The highest BCUT2D eigenvalue weighted by molar-refractivity contribution is 5.82. The molecular formula is C19H24N6O4. The van der Waals surface area contributed by atoms with Crippen LogP contribution in [0.2, 0.25) is 0 Å². The number of rotatable bonds is 7. The lowest BCUT2D eigenvalue weighted by atomic mass is 10.1. The van der Waals surface area contributed by atoms with Gasteiger partial charge in [0.25, 0.3) is 0 Å². The van der Waals surface area contributed by atoms with Gasteiger partial charge in [0.05, 0.1) is 12.9 Å². The summed E-state index contributed by atoms with van der Waals surface area (Å²) in [4.78, 5) is 12.9. The molecule has 10 nitrogen and oxygen atoms in total. The highest BCUT2D eigenvalue weighted by Gasteiger charge is 2.44. The second kappa shape index (κ2) is 8.29. The number of nitrogens with zero attached hydrogens (tertiary/aromatic N) is 4. The average molecular weight is 400 g/mol. The van der Waals surface area contributed by atoms with Crippen LogP contribution in [0.5, 0.6) is 0 Å². The summed E-state index contributed by atoms with van der Waals surface area (Å²) in [5.41, 5.74) is 8.67. The molecule has 154 valence electrons. The zero-order valence-corrected chi connectivity index (χ0v) is 15.7. The number of ether oxygens (including phenoxy) is 1. The molecule has 6 N–H and O–H groups in total. The highest BCUT2D eigenvalue weighted by atomic mass is 16.6. The number of nitrogens with two attached hydrogens (primary N) is 1. The molecule has 1 fully saturated rings. The fraction of sp³-hybridized carbons (Fsp3) is 0.421. The molecule has 0 amide bonds. The molecule has 4 rings (SSSR count). The number of nitrogen functional groups attached to an aromatic ring is 1. The lowest BCUT2D eigenvalue weighted by molar-refractivity contribution is -0.0511. The van der Waals surface area contributed by atoms with Crippen LogP contribution >= 0.6 is 0 Å². The molecule has 1 aliphatic rings. The second-order valence-electron chi connectivity index (χ2n) is 7.05. The van der Waals surface area contributed by atoms with Crippen molar-refractivity contribution < 1.29 is 20.1 Å². The number of hydrogen-bond acceptors (Lipinski definition) is 9. The Bertz CT molecular complexity index is 963. The van der Waals surface area contributed by atoms with Crippen LogP contribution in [0.4, 0.5) is 11.5 Å². The summed E-state index contributed by atoms with van der Waals surface area (Å²) in [6, 6.07) is 7.81. The van der Waals surface area contributed by atoms with E-state index in [0.29, 0.717) is 23.5 Å². The molecule has 2 aromatic heterocycles. The molecular weight excluding hydrogens is 376 g/mol. The molecule has 29 heavy (non-hydrogen) atoms. The molecule has 0 spiro atoms. The minimum atomic E-state index is -1.20. The summed E-state index contributed by atoms with van der Waals surface area (Å²) in [7, 11) is 0. The molecule has 3 aromatic rings. The summed E-state index contributed by atoms with van der Waals surface area (Å²) in [6.45, 7) is 0.300. The Morgan fingerprint density at radius 2 is 1.90 bits per heavy atom. The van der Waals surface area contributed by atoms with E-state index in [-0.39, 0.29) is 0 Å². The van der Waals surface area contributed by atoms with Gasteiger partial charge in [-0.05, 0) is 30.5 Å².